The summed E-state index contributed by atoms with van der Waals surface area (Å²) in [5.74, 6) is -0.890. The molecule has 0 aliphatic carbocycles. The Bertz CT molecular complexity index is 723. The predicted octanol–water partition coefficient (Wildman–Crippen LogP) is -0.281. The second-order valence-electron chi connectivity index (χ2n) is 7.45. The molecule has 1 aromatic rings. The highest BCUT2D eigenvalue weighted by Gasteiger charge is 2.19. The van der Waals surface area contributed by atoms with Gasteiger partial charge in [-0.15, -0.1) is 0 Å². The highest BCUT2D eigenvalue weighted by molar-refractivity contribution is 6.00. The van der Waals surface area contributed by atoms with Gasteiger partial charge in [0.1, 0.15) is 0 Å². The monoisotopic (exact) mass is 435 g/mol. The molecule has 1 aromatic carbocycles. The minimum atomic E-state index is -0.602. The summed E-state index contributed by atoms with van der Waals surface area (Å²) in [6.45, 7) is 8.05. The van der Waals surface area contributed by atoms with E-state index in [-0.39, 0.29) is 16.8 Å². The third kappa shape index (κ3) is 7.24. The van der Waals surface area contributed by atoms with Gasteiger partial charge >= 0.3 is 0 Å². The van der Waals surface area contributed by atoms with Crippen LogP contribution in [0.1, 0.15) is 20.7 Å². The van der Waals surface area contributed by atoms with Gasteiger partial charge in [-0.25, -0.2) is 0 Å². The first-order valence-corrected chi connectivity index (χ1v) is 10.5. The Morgan fingerprint density at radius 3 is 1.65 bits per heavy atom. The molecule has 2 N–H and O–H groups in total. The molecule has 2 aliphatic heterocycles. The van der Waals surface area contributed by atoms with Crippen molar-refractivity contribution in [1.29, 1.82) is 0 Å². The Hall–Kier alpha value is -2.60. The molecule has 0 radical (unpaired) electrons. The number of morpholine rings is 2. The van der Waals surface area contributed by atoms with E-state index >= 15 is 0 Å². The molecule has 0 aromatic heterocycles. The van der Waals surface area contributed by atoms with Gasteiger partial charge in [0, 0.05) is 75.6 Å². The van der Waals surface area contributed by atoms with Crippen molar-refractivity contribution in [2.24, 2.45) is 0 Å². The molecule has 3 rings (SSSR count). The molecule has 0 bridgehead atoms. The van der Waals surface area contributed by atoms with Gasteiger partial charge in [0.2, 0.25) is 0 Å². The fourth-order valence-corrected chi connectivity index (χ4v) is 3.49. The molecule has 2 amide bonds. The zero-order valence-corrected chi connectivity index (χ0v) is 17.5. The predicted molar refractivity (Wildman–Crippen MR) is 112 cm³/mol. The van der Waals surface area contributed by atoms with Crippen LogP contribution < -0.4 is 10.6 Å². The normalized spacial score (nSPS) is 17.8. The number of rotatable bonds is 9. The van der Waals surface area contributed by atoms with E-state index in [1.165, 1.54) is 18.2 Å². The molecule has 170 valence electrons. The highest BCUT2D eigenvalue weighted by atomic mass is 16.6. The van der Waals surface area contributed by atoms with Gasteiger partial charge in [-0.2, -0.15) is 0 Å². The van der Waals surface area contributed by atoms with Crippen LogP contribution in [0.4, 0.5) is 5.69 Å². The van der Waals surface area contributed by atoms with Crippen LogP contribution in [0.2, 0.25) is 0 Å². The average molecular weight is 435 g/mol. The second kappa shape index (κ2) is 11.7. The van der Waals surface area contributed by atoms with Gasteiger partial charge in [-0.1, -0.05) is 0 Å². The number of amides is 2. The number of ether oxygens (including phenoxy) is 2. The second-order valence-corrected chi connectivity index (χ2v) is 7.45. The number of nitro groups is 1. The molecule has 11 nitrogen and oxygen atoms in total. The molecule has 0 saturated carbocycles. The molecule has 2 fully saturated rings. The average Bonchev–Trinajstić information content (AvgIpc) is 2.80. The Morgan fingerprint density at radius 1 is 0.839 bits per heavy atom. The molecule has 0 atom stereocenters. The molecule has 2 aliphatic rings. The summed E-state index contributed by atoms with van der Waals surface area (Å²) in [5, 5.41) is 16.8. The lowest BCUT2D eigenvalue weighted by molar-refractivity contribution is -0.384. The molecule has 31 heavy (non-hydrogen) atoms. The van der Waals surface area contributed by atoms with E-state index in [2.05, 4.69) is 20.4 Å². The Morgan fingerprint density at radius 2 is 1.26 bits per heavy atom. The third-order valence-electron chi connectivity index (χ3n) is 5.29. The van der Waals surface area contributed by atoms with Crippen molar-refractivity contribution in [3.05, 3.63) is 39.4 Å². The van der Waals surface area contributed by atoms with E-state index in [0.717, 1.165) is 26.2 Å². The van der Waals surface area contributed by atoms with E-state index in [1.54, 1.807) is 0 Å². The Kier molecular flexibility index (Phi) is 8.71. The van der Waals surface area contributed by atoms with E-state index in [9.17, 15) is 19.7 Å². The van der Waals surface area contributed by atoms with Crippen molar-refractivity contribution in [3.8, 4) is 0 Å². The number of nitrogens with zero attached hydrogens (tertiary/aromatic N) is 3. The first-order valence-electron chi connectivity index (χ1n) is 10.5. The first-order chi connectivity index (χ1) is 15.0. The van der Waals surface area contributed by atoms with Crippen LogP contribution in [0.15, 0.2) is 18.2 Å². The lowest BCUT2D eigenvalue weighted by Crippen LogP contribution is -2.41. The number of nitro benzene ring substituents is 1. The number of non-ortho nitro benzene ring substituents is 1. The van der Waals surface area contributed by atoms with Crippen molar-refractivity contribution >= 4 is 17.5 Å². The SMILES string of the molecule is O=C(NCCN1CCOCC1)c1cc(C(=O)NCCN2CCOCC2)cc([N+](=O)[O-])c1. The summed E-state index contributed by atoms with van der Waals surface area (Å²) >= 11 is 0. The zero-order chi connectivity index (χ0) is 22.1. The fraction of sp³-hybridized carbons (Fsp3) is 0.600. The number of hydrogen-bond donors (Lipinski definition) is 2. The summed E-state index contributed by atoms with van der Waals surface area (Å²) in [5.41, 5.74) is -0.108. The number of nitrogens with one attached hydrogen (secondary N) is 2. The fourth-order valence-electron chi connectivity index (χ4n) is 3.49. The topological polar surface area (TPSA) is 126 Å². The maximum atomic E-state index is 12.5. The molecule has 11 heteroatoms. The smallest absolute Gasteiger partial charge is 0.271 e. The quantitative estimate of drug-likeness (QED) is 0.401. The van der Waals surface area contributed by atoms with Gasteiger partial charge in [0.25, 0.3) is 17.5 Å². The summed E-state index contributed by atoms with van der Waals surface area (Å²) in [7, 11) is 0. The number of benzene rings is 1. The van der Waals surface area contributed by atoms with Crippen LogP contribution >= 0.6 is 0 Å². The molecular formula is C20H29N5O6. The lowest BCUT2D eigenvalue weighted by Gasteiger charge is -2.26. The summed E-state index contributed by atoms with van der Waals surface area (Å²) in [6, 6.07) is 3.77. The van der Waals surface area contributed by atoms with Crippen LogP contribution in [0.25, 0.3) is 0 Å². The van der Waals surface area contributed by atoms with Crippen LogP contribution in [0.3, 0.4) is 0 Å². The third-order valence-corrected chi connectivity index (χ3v) is 5.29. The van der Waals surface area contributed by atoms with Crippen LogP contribution in [0, 0.1) is 10.1 Å². The molecule has 0 unspecified atom stereocenters. The van der Waals surface area contributed by atoms with E-state index in [0.29, 0.717) is 52.6 Å². The molecule has 0 spiro atoms. The van der Waals surface area contributed by atoms with Gasteiger partial charge in [-0.05, 0) is 6.07 Å². The summed E-state index contributed by atoms with van der Waals surface area (Å²) in [4.78, 5) is 40.1. The number of carbonyl (C=O) groups is 2. The van der Waals surface area contributed by atoms with Gasteiger partial charge in [0.05, 0.1) is 31.4 Å². The highest BCUT2D eigenvalue weighted by Crippen LogP contribution is 2.17. The first kappa shape index (κ1) is 23.1. The van der Waals surface area contributed by atoms with Crippen molar-refractivity contribution < 1.29 is 24.0 Å². The maximum absolute atomic E-state index is 12.5. The van der Waals surface area contributed by atoms with Crippen molar-refractivity contribution in [1.82, 2.24) is 20.4 Å². The van der Waals surface area contributed by atoms with Crippen molar-refractivity contribution in [2.75, 3.05) is 78.8 Å². The zero-order valence-electron chi connectivity index (χ0n) is 17.5. The van der Waals surface area contributed by atoms with Crippen LogP contribution in [-0.2, 0) is 9.47 Å². The van der Waals surface area contributed by atoms with Gasteiger partial charge < -0.3 is 20.1 Å². The van der Waals surface area contributed by atoms with Crippen LogP contribution in [-0.4, -0.2) is 105 Å². The number of carbonyl (C=O) groups excluding carboxylic acids is 2. The van der Waals surface area contributed by atoms with E-state index in [4.69, 9.17) is 9.47 Å². The Balaban J connectivity index is 1.56. The summed E-state index contributed by atoms with van der Waals surface area (Å²) < 4.78 is 10.6. The Labute approximate surface area is 180 Å². The minimum absolute atomic E-state index is 0.0921. The lowest BCUT2D eigenvalue weighted by atomic mass is 10.1. The summed E-state index contributed by atoms with van der Waals surface area (Å²) in [6.07, 6.45) is 0. The van der Waals surface area contributed by atoms with E-state index in [1.807, 2.05) is 0 Å². The van der Waals surface area contributed by atoms with Crippen molar-refractivity contribution in [3.63, 3.8) is 0 Å². The number of hydrogen-bond acceptors (Lipinski definition) is 8. The molecule has 2 heterocycles. The van der Waals surface area contributed by atoms with Gasteiger partial charge in [0.15, 0.2) is 0 Å². The molecule has 2 saturated heterocycles. The van der Waals surface area contributed by atoms with Crippen molar-refractivity contribution in [2.45, 2.75) is 0 Å². The minimum Gasteiger partial charge on any atom is -0.379 e. The standard InChI is InChI=1S/C20H29N5O6/c26-19(21-1-3-23-5-9-30-10-6-23)16-13-17(15-18(14-16)25(28)29)20(27)22-2-4-24-7-11-31-12-8-24/h13-15H,1-12H2,(H,21,26)(H,22,27). The maximum Gasteiger partial charge on any atom is 0.271 e. The molecular weight excluding hydrogens is 406 g/mol. The largest absolute Gasteiger partial charge is 0.379 e. The van der Waals surface area contributed by atoms with Crippen LogP contribution in [0.5, 0.6) is 0 Å². The van der Waals surface area contributed by atoms with E-state index < -0.39 is 16.7 Å². The van der Waals surface area contributed by atoms with Gasteiger partial charge in [-0.3, -0.25) is 29.5 Å².